The molecule has 1 aliphatic heterocycles. The number of benzene rings is 2. The molecule has 0 spiro atoms. The molecule has 1 saturated heterocycles. The number of aliphatic hydroxyl groups excluding tert-OH is 1. The Kier molecular flexibility index (Phi) is 5.81. The first kappa shape index (κ1) is 20.1. The number of halogens is 1. The Labute approximate surface area is 182 Å². The summed E-state index contributed by atoms with van der Waals surface area (Å²) in [6.45, 7) is 0.369. The molecule has 1 atom stereocenters. The molecule has 2 heterocycles. The zero-order valence-corrected chi connectivity index (χ0v) is 17.7. The minimum atomic E-state index is -0.667. The molecule has 7 heteroatoms. The van der Waals surface area contributed by atoms with Gasteiger partial charge in [-0.25, -0.2) is 4.98 Å². The zero-order valence-electron chi connectivity index (χ0n) is 16.1. The molecule has 3 aromatic rings. The van der Waals surface area contributed by atoms with E-state index in [1.807, 2.05) is 30.3 Å². The van der Waals surface area contributed by atoms with Crippen LogP contribution in [0.25, 0.3) is 5.76 Å². The lowest BCUT2D eigenvalue weighted by Crippen LogP contribution is -2.31. The Hall–Kier alpha value is -3.19. The van der Waals surface area contributed by atoms with E-state index in [0.717, 1.165) is 15.9 Å². The van der Waals surface area contributed by atoms with Gasteiger partial charge in [-0.15, -0.1) is 0 Å². The number of carbonyl (C=O) groups excluding carboxylic acids is 2. The van der Waals surface area contributed by atoms with Gasteiger partial charge >= 0.3 is 0 Å². The third-order valence-corrected chi connectivity index (χ3v) is 5.61. The van der Waals surface area contributed by atoms with Crippen molar-refractivity contribution in [3.8, 4) is 0 Å². The second kappa shape index (κ2) is 8.67. The molecule has 1 fully saturated rings. The third-order valence-electron chi connectivity index (χ3n) is 5.12. The summed E-state index contributed by atoms with van der Waals surface area (Å²) in [7, 11) is 0. The van der Waals surface area contributed by atoms with E-state index in [2.05, 4.69) is 25.9 Å². The average Bonchev–Trinajstić information content (AvgIpc) is 3.36. The van der Waals surface area contributed by atoms with Gasteiger partial charge in [0.1, 0.15) is 11.6 Å². The molecule has 6 nitrogen and oxygen atoms in total. The standard InChI is InChI=1S/C23H20BrN3O3/c24-17-9-4-8-16(14-17)20-19(21(28)15-6-2-1-3-7-15)22(29)23(30)27(20)13-5-10-18-25-11-12-26-18/h1-4,6-9,11-12,14,20,28H,5,10,13H2,(H,25,26)/b21-19+. The van der Waals surface area contributed by atoms with Crippen molar-refractivity contribution in [1.82, 2.24) is 14.9 Å². The number of hydrogen-bond acceptors (Lipinski definition) is 4. The quantitative estimate of drug-likeness (QED) is 0.324. The predicted octanol–water partition coefficient (Wildman–Crippen LogP) is 4.23. The van der Waals surface area contributed by atoms with Crippen LogP contribution in [-0.2, 0) is 16.0 Å². The Morgan fingerprint density at radius 3 is 2.63 bits per heavy atom. The van der Waals surface area contributed by atoms with E-state index < -0.39 is 17.7 Å². The molecule has 30 heavy (non-hydrogen) atoms. The maximum atomic E-state index is 13.0. The SMILES string of the molecule is O=C1C(=O)N(CCCc2ncc[nH]2)C(c2cccc(Br)c2)/C1=C(\O)c1ccccc1. The van der Waals surface area contributed by atoms with Gasteiger partial charge in [-0.1, -0.05) is 58.4 Å². The second-order valence-corrected chi connectivity index (χ2v) is 7.97. The van der Waals surface area contributed by atoms with Crippen LogP contribution in [0.3, 0.4) is 0 Å². The van der Waals surface area contributed by atoms with Crippen LogP contribution in [-0.4, -0.2) is 38.2 Å². The van der Waals surface area contributed by atoms with Crippen molar-refractivity contribution in [3.05, 3.63) is 94.0 Å². The number of rotatable bonds is 6. The largest absolute Gasteiger partial charge is 0.507 e. The van der Waals surface area contributed by atoms with Crippen molar-refractivity contribution < 1.29 is 14.7 Å². The van der Waals surface area contributed by atoms with Gasteiger partial charge < -0.3 is 15.0 Å². The van der Waals surface area contributed by atoms with Crippen LogP contribution in [0.2, 0.25) is 0 Å². The molecular weight excluding hydrogens is 446 g/mol. The number of aromatic amines is 1. The lowest BCUT2D eigenvalue weighted by atomic mass is 9.95. The topological polar surface area (TPSA) is 86.3 Å². The number of amides is 1. The molecule has 2 aromatic carbocycles. The number of nitrogens with one attached hydrogen (secondary N) is 1. The van der Waals surface area contributed by atoms with Crippen molar-refractivity contribution in [2.24, 2.45) is 0 Å². The molecule has 1 aliphatic rings. The van der Waals surface area contributed by atoms with Crippen molar-refractivity contribution in [2.45, 2.75) is 18.9 Å². The number of H-pyrrole nitrogens is 1. The molecule has 152 valence electrons. The summed E-state index contributed by atoms with van der Waals surface area (Å²) >= 11 is 3.46. The maximum Gasteiger partial charge on any atom is 0.295 e. The van der Waals surface area contributed by atoms with Crippen LogP contribution >= 0.6 is 15.9 Å². The molecule has 1 unspecified atom stereocenters. The van der Waals surface area contributed by atoms with E-state index in [1.54, 1.807) is 41.6 Å². The minimum Gasteiger partial charge on any atom is -0.507 e. The highest BCUT2D eigenvalue weighted by atomic mass is 79.9. The number of aromatic nitrogens is 2. The number of aliphatic hydroxyl groups is 1. The van der Waals surface area contributed by atoms with E-state index in [0.29, 0.717) is 24.9 Å². The summed E-state index contributed by atoms with van der Waals surface area (Å²) < 4.78 is 0.834. The van der Waals surface area contributed by atoms with Crippen LogP contribution in [0.4, 0.5) is 0 Å². The van der Waals surface area contributed by atoms with E-state index in [-0.39, 0.29) is 11.3 Å². The van der Waals surface area contributed by atoms with Gasteiger partial charge in [-0.05, 0) is 24.1 Å². The Morgan fingerprint density at radius 2 is 1.93 bits per heavy atom. The second-order valence-electron chi connectivity index (χ2n) is 7.05. The van der Waals surface area contributed by atoms with E-state index in [9.17, 15) is 14.7 Å². The van der Waals surface area contributed by atoms with E-state index in [4.69, 9.17) is 0 Å². The Morgan fingerprint density at radius 1 is 1.13 bits per heavy atom. The monoisotopic (exact) mass is 465 g/mol. The summed E-state index contributed by atoms with van der Waals surface area (Å²) in [5.74, 6) is -0.599. The lowest BCUT2D eigenvalue weighted by Gasteiger charge is -2.25. The highest BCUT2D eigenvalue weighted by Gasteiger charge is 2.45. The highest BCUT2D eigenvalue weighted by Crippen LogP contribution is 2.40. The minimum absolute atomic E-state index is 0.113. The number of Topliss-reactive ketones (excluding diaryl/α,β-unsaturated/α-hetero) is 1. The fraction of sp³-hybridized carbons (Fsp3) is 0.174. The number of ketones is 1. The van der Waals surface area contributed by atoms with Crippen LogP contribution in [0, 0.1) is 0 Å². The van der Waals surface area contributed by atoms with Crippen LogP contribution < -0.4 is 0 Å². The first-order valence-electron chi connectivity index (χ1n) is 9.64. The summed E-state index contributed by atoms with van der Waals surface area (Å²) in [4.78, 5) is 34.7. The molecule has 1 aromatic heterocycles. The normalized spacial score (nSPS) is 18.2. The first-order valence-corrected chi connectivity index (χ1v) is 10.4. The molecule has 0 saturated carbocycles. The smallest absolute Gasteiger partial charge is 0.295 e. The molecule has 0 radical (unpaired) electrons. The number of carbonyl (C=O) groups is 2. The fourth-order valence-corrected chi connectivity index (χ4v) is 4.15. The number of aryl methyl sites for hydroxylation is 1. The van der Waals surface area contributed by atoms with Crippen molar-refractivity contribution >= 4 is 33.4 Å². The summed E-state index contributed by atoms with van der Waals surface area (Å²) in [5.41, 5.74) is 1.38. The summed E-state index contributed by atoms with van der Waals surface area (Å²) in [6.07, 6.45) is 4.72. The number of hydrogen-bond donors (Lipinski definition) is 2. The molecule has 0 bridgehead atoms. The molecule has 4 rings (SSSR count). The molecule has 2 N–H and O–H groups in total. The van der Waals surface area contributed by atoms with Crippen LogP contribution in [0.15, 0.2) is 77.0 Å². The number of likely N-dealkylation sites (tertiary alicyclic amines) is 1. The van der Waals surface area contributed by atoms with Crippen LogP contribution in [0.5, 0.6) is 0 Å². The van der Waals surface area contributed by atoms with Gasteiger partial charge in [0.2, 0.25) is 0 Å². The Balaban J connectivity index is 1.73. The molecular formula is C23H20BrN3O3. The van der Waals surface area contributed by atoms with Gasteiger partial charge in [0, 0.05) is 35.4 Å². The van der Waals surface area contributed by atoms with Gasteiger partial charge in [0.15, 0.2) is 0 Å². The van der Waals surface area contributed by atoms with Crippen molar-refractivity contribution in [2.75, 3.05) is 6.54 Å². The number of imidazole rings is 1. The third kappa shape index (κ3) is 3.93. The van der Waals surface area contributed by atoms with Gasteiger partial charge in [0.25, 0.3) is 11.7 Å². The van der Waals surface area contributed by atoms with E-state index in [1.165, 1.54) is 0 Å². The fourth-order valence-electron chi connectivity index (χ4n) is 3.74. The van der Waals surface area contributed by atoms with Gasteiger partial charge in [-0.2, -0.15) is 0 Å². The highest BCUT2D eigenvalue weighted by molar-refractivity contribution is 9.10. The van der Waals surface area contributed by atoms with Crippen LogP contribution in [0.1, 0.15) is 29.4 Å². The Bertz CT molecular complexity index is 1090. The maximum absolute atomic E-state index is 13.0. The van der Waals surface area contributed by atoms with Crippen molar-refractivity contribution in [3.63, 3.8) is 0 Å². The number of nitrogens with zero attached hydrogens (tertiary/aromatic N) is 2. The summed E-state index contributed by atoms with van der Waals surface area (Å²) in [6, 6.07) is 15.6. The van der Waals surface area contributed by atoms with E-state index >= 15 is 0 Å². The van der Waals surface area contributed by atoms with Gasteiger partial charge in [-0.3, -0.25) is 9.59 Å². The summed E-state index contributed by atoms with van der Waals surface area (Å²) in [5, 5.41) is 11.0. The first-order chi connectivity index (χ1) is 14.6. The molecule has 0 aliphatic carbocycles. The van der Waals surface area contributed by atoms with Gasteiger partial charge in [0.05, 0.1) is 11.6 Å². The zero-order chi connectivity index (χ0) is 21.1. The average molecular weight is 466 g/mol. The lowest BCUT2D eigenvalue weighted by molar-refractivity contribution is -0.139. The van der Waals surface area contributed by atoms with Crippen molar-refractivity contribution in [1.29, 1.82) is 0 Å². The molecule has 1 amide bonds. The predicted molar refractivity (Wildman–Crippen MR) is 117 cm³/mol.